The van der Waals surface area contributed by atoms with Gasteiger partial charge in [0.2, 0.25) is 4.77 Å². The second-order valence-electron chi connectivity index (χ2n) is 5.72. The Morgan fingerprint density at radius 1 is 1.46 bits per heavy atom. The van der Waals surface area contributed by atoms with E-state index in [2.05, 4.69) is 22.2 Å². The molecular weight excluding hydrogens is 324 g/mol. The van der Waals surface area contributed by atoms with Crippen LogP contribution in [-0.4, -0.2) is 34.3 Å². The summed E-state index contributed by atoms with van der Waals surface area (Å²) in [5.41, 5.74) is 0.972. The van der Waals surface area contributed by atoms with Crippen molar-refractivity contribution < 1.29 is 9.47 Å². The zero-order valence-corrected chi connectivity index (χ0v) is 14.6. The number of ether oxygens (including phenoxy) is 2. The number of unbranched alkanes of at least 4 members (excludes halogenated alkanes) is 1. The predicted molar refractivity (Wildman–Crippen MR) is 95.2 cm³/mol. The Morgan fingerprint density at radius 2 is 2.29 bits per heavy atom. The summed E-state index contributed by atoms with van der Waals surface area (Å²) in [5.74, 6) is 1.61. The Balaban J connectivity index is 1.69. The SMILES string of the molecule is CCCCOc1ccc(/C=N\n2c([C@H]3CCCO3)n[nH]c2=S)cc1. The standard InChI is InChI=1S/C17H22N4O2S/c1-2-3-10-22-14-8-6-13(7-9-14)12-18-21-16(19-20-17(21)24)15-5-4-11-23-15/h6-9,12,15H,2-5,10-11H2,1H3,(H,20,24)/b18-12-/t15-/m1/s1. The molecule has 1 aliphatic rings. The summed E-state index contributed by atoms with van der Waals surface area (Å²) in [4.78, 5) is 0. The minimum Gasteiger partial charge on any atom is -0.494 e. The molecular formula is C17H22N4O2S. The summed E-state index contributed by atoms with van der Waals surface area (Å²) >= 11 is 5.26. The van der Waals surface area contributed by atoms with Gasteiger partial charge >= 0.3 is 0 Å². The normalized spacial score (nSPS) is 17.6. The summed E-state index contributed by atoms with van der Waals surface area (Å²) in [6, 6.07) is 7.85. The van der Waals surface area contributed by atoms with Crippen LogP contribution in [0.1, 0.15) is 50.1 Å². The number of aromatic nitrogens is 3. The van der Waals surface area contributed by atoms with Crippen LogP contribution in [-0.2, 0) is 4.74 Å². The van der Waals surface area contributed by atoms with Crippen LogP contribution < -0.4 is 4.74 Å². The molecule has 6 nitrogen and oxygen atoms in total. The molecule has 1 atom stereocenters. The Kier molecular flexibility index (Phi) is 5.77. The van der Waals surface area contributed by atoms with Gasteiger partial charge in [0.05, 0.1) is 12.8 Å². The Bertz CT molecular complexity index is 730. The van der Waals surface area contributed by atoms with Gasteiger partial charge in [-0.2, -0.15) is 14.9 Å². The average molecular weight is 346 g/mol. The molecule has 0 spiro atoms. The molecule has 7 heteroatoms. The number of hydrogen-bond donors (Lipinski definition) is 1. The van der Waals surface area contributed by atoms with Crippen molar-refractivity contribution in [2.75, 3.05) is 13.2 Å². The number of nitrogens with one attached hydrogen (secondary N) is 1. The smallest absolute Gasteiger partial charge is 0.216 e. The maximum Gasteiger partial charge on any atom is 0.216 e. The van der Waals surface area contributed by atoms with Crippen molar-refractivity contribution in [3.05, 3.63) is 40.4 Å². The lowest BCUT2D eigenvalue weighted by Crippen LogP contribution is -2.05. The van der Waals surface area contributed by atoms with E-state index in [4.69, 9.17) is 21.7 Å². The van der Waals surface area contributed by atoms with E-state index in [0.29, 0.717) is 4.77 Å². The molecule has 1 N–H and O–H groups in total. The molecule has 0 saturated carbocycles. The first kappa shape index (κ1) is 16.9. The Morgan fingerprint density at radius 3 is 3.00 bits per heavy atom. The van der Waals surface area contributed by atoms with Crippen LogP contribution in [0.2, 0.25) is 0 Å². The van der Waals surface area contributed by atoms with E-state index in [1.165, 1.54) is 0 Å². The lowest BCUT2D eigenvalue weighted by molar-refractivity contribution is 0.102. The Labute approximate surface area is 146 Å². The highest BCUT2D eigenvalue weighted by Gasteiger charge is 2.23. The van der Waals surface area contributed by atoms with Gasteiger partial charge in [-0.15, -0.1) is 0 Å². The summed E-state index contributed by atoms with van der Waals surface area (Å²) in [6.07, 6.45) is 5.90. The van der Waals surface area contributed by atoms with Crippen LogP contribution in [0.4, 0.5) is 0 Å². The molecule has 1 aromatic carbocycles. The van der Waals surface area contributed by atoms with Crippen LogP contribution in [0.15, 0.2) is 29.4 Å². The van der Waals surface area contributed by atoms with Crippen molar-refractivity contribution in [3.8, 4) is 5.75 Å². The minimum atomic E-state index is -0.0376. The van der Waals surface area contributed by atoms with Gasteiger partial charge in [-0.1, -0.05) is 13.3 Å². The summed E-state index contributed by atoms with van der Waals surface area (Å²) < 4.78 is 13.4. The van der Waals surface area contributed by atoms with E-state index in [1.807, 2.05) is 24.3 Å². The van der Waals surface area contributed by atoms with E-state index in [-0.39, 0.29) is 6.10 Å². The molecule has 1 aliphatic heterocycles. The molecule has 1 aromatic heterocycles. The van der Waals surface area contributed by atoms with E-state index in [0.717, 1.165) is 56.0 Å². The summed E-state index contributed by atoms with van der Waals surface area (Å²) in [7, 11) is 0. The molecule has 0 bridgehead atoms. The molecule has 3 rings (SSSR count). The van der Waals surface area contributed by atoms with Crippen LogP contribution in [0, 0.1) is 4.77 Å². The molecule has 1 saturated heterocycles. The van der Waals surface area contributed by atoms with Crippen LogP contribution >= 0.6 is 12.2 Å². The number of benzene rings is 1. The second kappa shape index (κ2) is 8.21. The van der Waals surface area contributed by atoms with Gasteiger partial charge in [0.25, 0.3) is 0 Å². The average Bonchev–Trinajstić information content (AvgIpc) is 3.24. The maximum atomic E-state index is 5.67. The number of aromatic amines is 1. The van der Waals surface area contributed by atoms with Crippen LogP contribution in [0.3, 0.4) is 0 Å². The molecule has 1 fully saturated rings. The molecule has 0 radical (unpaired) electrons. The lowest BCUT2D eigenvalue weighted by Gasteiger charge is -2.07. The van der Waals surface area contributed by atoms with E-state index >= 15 is 0 Å². The number of rotatable bonds is 7. The quantitative estimate of drug-likeness (QED) is 0.470. The van der Waals surface area contributed by atoms with Crippen molar-refractivity contribution in [1.82, 2.24) is 14.9 Å². The van der Waals surface area contributed by atoms with Gasteiger partial charge in [0, 0.05) is 6.61 Å². The highest BCUT2D eigenvalue weighted by molar-refractivity contribution is 7.71. The highest BCUT2D eigenvalue weighted by atomic mass is 32.1. The fraction of sp³-hybridized carbons (Fsp3) is 0.471. The second-order valence-corrected chi connectivity index (χ2v) is 6.10. The number of H-pyrrole nitrogens is 1. The first-order valence-electron chi connectivity index (χ1n) is 8.34. The molecule has 24 heavy (non-hydrogen) atoms. The molecule has 128 valence electrons. The van der Waals surface area contributed by atoms with Crippen molar-refractivity contribution >= 4 is 18.4 Å². The molecule has 2 heterocycles. The fourth-order valence-corrected chi connectivity index (χ4v) is 2.70. The monoisotopic (exact) mass is 346 g/mol. The Hall–Kier alpha value is -1.99. The number of hydrogen-bond acceptors (Lipinski definition) is 5. The van der Waals surface area contributed by atoms with E-state index in [1.54, 1.807) is 10.9 Å². The predicted octanol–water partition coefficient (Wildman–Crippen LogP) is 3.85. The van der Waals surface area contributed by atoms with Gasteiger partial charge in [-0.25, -0.2) is 0 Å². The zero-order valence-electron chi connectivity index (χ0n) is 13.8. The van der Waals surface area contributed by atoms with Gasteiger partial charge in [-0.05, 0) is 61.3 Å². The van der Waals surface area contributed by atoms with E-state index in [9.17, 15) is 0 Å². The van der Waals surface area contributed by atoms with Crippen molar-refractivity contribution in [2.24, 2.45) is 5.10 Å². The highest BCUT2D eigenvalue weighted by Crippen LogP contribution is 2.26. The summed E-state index contributed by atoms with van der Waals surface area (Å²) in [6.45, 7) is 3.65. The van der Waals surface area contributed by atoms with Crippen molar-refractivity contribution in [1.29, 1.82) is 0 Å². The largest absolute Gasteiger partial charge is 0.494 e. The molecule has 2 aromatic rings. The molecule has 0 unspecified atom stereocenters. The van der Waals surface area contributed by atoms with Crippen LogP contribution in [0.5, 0.6) is 5.75 Å². The first-order valence-corrected chi connectivity index (χ1v) is 8.75. The van der Waals surface area contributed by atoms with Crippen molar-refractivity contribution in [2.45, 2.75) is 38.7 Å². The van der Waals surface area contributed by atoms with Crippen LogP contribution in [0.25, 0.3) is 0 Å². The van der Waals surface area contributed by atoms with Gasteiger partial charge in [0.1, 0.15) is 11.9 Å². The lowest BCUT2D eigenvalue weighted by atomic mass is 10.2. The fourth-order valence-electron chi connectivity index (χ4n) is 2.51. The van der Waals surface area contributed by atoms with Gasteiger partial charge < -0.3 is 9.47 Å². The third-order valence-corrected chi connectivity index (χ3v) is 4.13. The van der Waals surface area contributed by atoms with Gasteiger partial charge in [-0.3, -0.25) is 5.10 Å². The van der Waals surface area contributed by atoms with Gasteiger partial charge in [0.15, 0.2) is 5.82 Å². The molecule has 0 aliphatic carbocycles. The zero-order chi connectivity index (χ0) is 16.8. The third-order valence-electron chi connectivity index (χ3n) is 3.86. The maximum absolute atomic E-state index is 5.67. The van der Waals surface area contributed by atoms with Crippen molar-refractivity contribution in [3.63, 3.8) is 0 Å². The number of nitrogens with zero attached hydrogens (tertiary/aromatic N) is 3. The van der Waals surface area contributed by atoms with E-state index < -0.39 is 0 Å². The third kappa shape index (κ3) is 4.10. The minimum absolute atomic E-state index is 0.0376. The topological polar surface area (TPSA) is 64.4 Å². The summed E-state index contributed by atoms with van der Waals surface area (Å²) in [5, 5.41) is 11.5. The molecule has 0 amide bonds. The first-order chi connectivity index (χ1) is 11.8.